The lowest BCUT2D eigenvalue weighted by Gasteiger charge is -2.30. The van der Waals surface area contributed by atoms with Crippen LogP contribution in [0.1, 0.15) is 26.7 Å². The van der Waals surface area contributed by atoms with Crippen molar-refractivity contribution < 1.29 is 18.9 Å². The smallest absolute Gasteiger partial charge is 0.223 e. The average molecular weight is 883 g/mol. The van der Waals surface area contributed by atoms with E-state index in [1.54, 1.807) is 14.2 Å². The third kappa shape index (κ3) is 11.9. The van der Waals surface area contributed by atoms with Crippen molar-refractivity contribution in [3.05, 3.63) is 85.2 Å². The molecule has 65 heavy (non-hydrogen) atoms. The predicted octanol–water partition coefficient (Wildman–Crippen LogP) is 7.79. The van der Waals surface area contributed by atoms with Crippen molar-refractivity contribution >= 4 is 44.8 Å². The second-order valence-corrected chi connectivity index (χ2v) is 18.1. The summed E-state index contributed by atoms with van der Waals surface area (Å²) in [5.74, 6) is 3.07. The number of nitrogens with zero attached hydrogens (tertiary/aromatic N) is 8. The Balaban J connectivity index is 0.000000177. The highest BCUT2D eigenvalue weighted by Gasteiger charge is 2.21. The average Bonchev–Trinajstić information content (AvgIpc) is 3.86. The van der Waals surface area contributed by atoms with Gasteiger partial charge in [-0.1, -0.05) is 26.0 Å². The highest BCUT2D eigenvalue weighted by atomic mass is 16.5. The van der Waals surface area contributed by atoms with Crippen LogP contribution in [0, 0.1) is 5.41 Å². The number of anilines is 4. The molecule has 0 saturated carbocycles. The number of fused-ring (bicyclic) bond motifs is 2. The molecule has 5 heterocycles. The van der Waals surface area contributed by atoms with Gasteiger partial charge in [0.1, 0.15) is 11.5 Å². The molecule has 0 aliphatic carbocycles. The number of aromatic nitrogens is 4. The van der Waals surface area contributed by atoms with Crippen molar-refractivity contribution in [1.29, 1.82) is 0 Å². The molecule has 3 fully saturated rings. The van der Waals surface area contributed by atoms with E-state index < -0.39 is 0 Å². The minimum absolute atomic E-state index is 0.106. The Labute approximate surface area is 384 Å². The van der Waals surface area contributed by atoms with E-state index in [1.807, 2.05) is 36.7 Å². The van der Waals surface area contributed by atoms with E-state index >= 15 is 0 Å². The Morgan fingerprint density at radius 1 is 0.631 bits per heavy atom. The number of methoxy groups -OCH3 is 2. The molecule has 4 aromatic carbocycles. The van der Waals surface area contributed by atoms with Gasteiger partial charge in [-0.15, -0.1) is 0 Å². The number of hydrogen-bond donors (Lipinski definition) is 2. The first kappa shape index (κ1) is 45.8. The number of rotatable bonds is 15. The molecule has 14 heteroatoms. The van der Waals surface area contributed by atoms with E-state index in [-0.39, 0.29) is 5.41 Å². The van der Waals surface area contributed by atoms with Crippen molar-refractivity contribution in [2.24, 2.45) is 5.41 Å². The molecule has 2 aromatic heterocycles. The van der Waals surface area contributed by atoms with E-state index in [4.69, 9.17) is 28.9 Å². The van der Waals surface area contributed by atoms with Crippen LogP contribution < -0.4 is 29.9 Å². The van der Waals surface area contributed by atoms with Gasteiger partial charge in [0.25, 0.3) is 0 Å². The Bertz CT molecular complexity index is 2500. The van der Waals surface area contributed by atoms with Crippen LogP contribution in [0.3, 0.4) is 0 Å². The lowest BCUT2D eigenvalue weighted by molar-refractivity contribution is 0.122. The summed E-state index contributed by atoms with van der Waals surface area (Å²) in [7, 11) is 7.61. The fourth-order valence-corrected chi connectivity index (χ4v) is 9.09. The van der Waals surface area contributed by atoms with E-state index in [2.05, 4.69) is 117 Å². The molecular formula is C51H66N10O4. The quantitative estimate of drug-likeness (QED) is 0.104. The predicted molar refractivity (Wildman–Crippen MR) is 264 cm³/mol. The maximum atomic E-state index is 5.59. The molecule has 3 aliphatic rings. The zero-order valence-corrected chi connectivity index (χ0v) is 39.1. The molecule has 14 nitrogen and oxygen atoms in total. The highest BCUT2D eigenvalue weighted by Crippen LogP contribution is 2.37. The maximum Gasteiger partial charge on any atom is 0.223 e. The van der Waals surface area contributed by atoms with Gasteiger partial charge in [-0.3, -0.25) is 0 Å². The number of hydrogen-bond acceptors (Lipinski definition) is 14. The summed E-state index contributed by atoms with van der Waals surface area (Å²) in [4.78, 5) is 28.1. The molecule has 3 aliphatic heterocycles. The monoisotopic (exact) mass is 883 g/mol. The summed E-state index contributed by atoms with van der Waals surface area (Å²) in [5.41, 5.74) is 6.49. The molecule has 6 aromatic rings. The SMILES string of the molecule is COc1ccc2cc(-c3ccnc(NCC(C)(C)CN(C)C)n3)cc(N3CCOCC3)c2c1.COc1ccc2cc(-c3ccnc(NCCN4CCCC4)n3)cc(N3CCOCC3)c2c1. The van der Waals surface area contributed by atoms with Gasteiger partial charge in [-0.25, -0.2) is 19.9 Å². The van der Waals surface area contributed by atoms with Gasteiger partial charge in [0.15, 0.2) is 0 Å². The van der Waals surface area contributed by atoms with Crippen molar-refractivity contribution in [1.82, 2.24) is 29.7 Å². The second-order valence-electron chi connectivity index (χ2n) is 18.1. The zero-order chi connectivity index (χ0) is 45.2. The van der Waals surface area contributed by atoms with Crippen LogP contribution in [0.2, 0.25) is 0 Å². The van der Waals surface area contributed by atoms with Crippen molar-refractivity contribution in [2.75, 3.05) is 141 Å². The molecule has 0 atom stereocenters. The van der Waals surface area contributed by atoms with E-state index in [0.717, 1.165) is 118 Å². The van der Waals surface area contributed by atoms with E-state index in [9.17, 15) is 0 Å². The summed E-state index contributed by atoms with van der Waals surface area (Å²) in [6, 6.07) is 25.3. The minimum atomic E-state index is 0.106. The van der Waals surface area contributed by atoms with Crippen molar-refractivity contribution in [3.63, 3.8) is 0 Å². The number of nitrogens with one attached hydrogen (secondary N) is 2. The van der Waals surface area contributed by atoms with Crippen molar-refractivity contribution in [2.45, 2.75) is 26.7 Å². The van der Waals surface area contributed by atoms with E-state index in [1.165, 1.54) is 53.5 Å². The van der Waals surface area contributed by atoms with Gasteiger partial charge < -0.3 is 49.2 Å². The molecule has 0 unspecified atom stereocenters. The summed E-state index contributed by atoms with van der Waals surface area (Å²) in [6.07, 6.45) is 6.29. The third-order valence-electron chi connectivity index (χ3n) is 12.3. The first-order valence-electron chi connectivity index (χ1n) is 23.1. The molecule has 3 saturated heterocycles. The van der Waals surface area contributed by atoms with Crippen LogP contribution in [0.25, 0.3) is 44.1 Å². The van der Waals surface area contributed by atoms with Gasteiger partial charge in [-0.2, -0.15) is 0 Å². The maximum absolute atomic E-state index is 5.59. The van der Waals surface area contributed by atoms with Gasteiger partial charge in [0.2, 0.25) is 11.9 Å². The highest BCUT2D eigenvalue weighted by molar-refractivity contribution is 6.00. The molecule has 9 rings (SSSR count). The molecular weight excluding hydrogens is 817 g/mol. The fourth-order valence-electron chi connectivity index (χ4n) is 9.09. The Kier molecular flexibility index (Phi) is 15.1. The van der Waals surface area contributed by atoms with Crippen LogP contribution in [0.5, 0.6) is 11.5 Å². The van der Waals surface area contributed by atoms with Crippen molar-refractivity contribution in [3.8, 4) is 34.0 Å². The minimum Gasteiger partial charge on any atom is -0.497 e. The van der Waals surface area contributed by atoms with Gasteiger partial charge in [0, 0.05) is 98.0 Å². The number of ether oxygens (including phenoxy) is 4. The third-order valence-corrected chi connectivity index (χ3v) is 12.3. The van der Waals surface area contributed by atoms with Crippen LogP contribution in [-0.4, -0.2) is 150 Å². The van der Waals surface area contributed by atoms with Crippen LogP contribution in [0.4, 0.5) is 23.3 Å². The first-order valence-corrected chi connectivity index (χ1v) is 23.1. The lowest BCUT2D eigenvalue weighted by atomic mass is 9.93. The largest absolute Gasteiger partial charge is 0.497 e. The first-order chi connectivity index (χ1) is 31.6. The standard InChI is InChI=1S/C26H35N5O2.C25H31N5O2/c1-26(2,18-30(3)4)17-28-25-27-9-8-23(29-25)20-14-19-6-7-21(32-5)16-22(19)24(15-20)31-10-12-33-13-11-31;1-31-21-5-4-19-16-20(17-24(22(19)18-21)30-12-14-32-15-13-30)23-6-7-26-25(28-23)27-8-11-29-9-2-3-10-29/h6-9,14-16H,10-13,17-18H2,1-5H3,(H,27,28,29);4-7,16-18H,2-3,8-15H2,1H3,(H,26,27,28). The second kappa shape index (κ2) is 21.5. The molecule has 0 amide bonds. The fraction of sp³-hybridized carbons (Fsp3) is 0.451. The summed E-state index contributed by atoms with van der Waals surface area (Å²) >= 11 is 0. The van der Waals surface area contributed by atoms with Gasteiger partial charge in [-0.05, 0) is 117 Å². The van der Waals surface area contributed by atoms with Gasteiger partial charge in [0.05, 0.1) is 52.0 Å². The summed E-state index contributed by atoms with van der Waals surface area (Å²) in [6.45, 7) is 17.0. The lowest BCUT2D eigenvalue weighted by Crippen LogP contribution is -2.36. The molecule has 0 radical (unpaired) electrons. The number of benzene rings is 4. The Hall–Kier alpha value is -5.80. The zero-order valence-electron chi connectivity index (χ0n) is 39.1. The van der Waals surface area contributed by atoms with Crippen LogP contribution >= 0.6 is 0 Å². The summed E-state index contributed by atoms with van der Waals surface area (Å²) < 4.78 is 22.2. The summed E-state index contributed by atoms with van der Waals surface area (Å²) in [5, 5.41) is 11.5. The van der Waals surface area contributed by atoms with E-state index in [0.29, 0.717) is 11.9 Å². The van der Waals surface area contributed by atoms with Crippen LogP contribution in [-0.2, 0) is 9.47 Å². The normalized spacial score (nSPS) is 15.9. The molecule has 2 N–H and O–H groups in total. The van der Waals surface area contributed by atoms with Crippen LogP contribution in [0.15, 0.2) is 85.2 Å². The van der Waals surface area contributed by atoms with Gasteiger partial charge >= 0.3 is 0 Å². The molecule has 0 bridgehead atoms. The molecule has 0 spiro atoms. The number of likely N-dealkylation sites (tertiary alicyclic amines) is 1. The topological polar surface area (TPSA) is 126 Å². The Morgan fingerprint density at radius 2 is 1.12 bits per heavy atom. The number of morpholine rings is 2. The Morgan fingerprint density at radius 3 is 1.60 bits per heavy atom. The molecule has 344 valence electrons.